The molecular weight excluding hydrogens is 360 g/mol. The number of hydrogen-bond donors (Lipinski definition) is 3. The number of carbonyl (C=O) groups is 2. The number of anilines is 1. The first-order valence-electron chi connectivity index (χ1n) is 7.56. The Morgan fingerprint density at radius 3 is 2.73 bits per heavy atom. The summed E-state index contributed by atoms with van der Waals surface area (Å²) < 4.78 is 38.7. The number of ether oxygens (including phenoxy) is 2. The lowest BCUT2D eigenvalue weighted by atomic mass is 10.1. The predicted molar refractivity (Wildman–Crippen MR) is 80.2 cm³/mol. The van der Waals surface area contributed by atoms with Gasteiger partial charge in [-0.3, -0.25) is 14.2 Å². The van der Waals surface area contributed by atoms with Gasteiger partial charge in [0.15, 0.2) is 6.10 Å². The number of aromatic nitrogens is 2. The van der Waals surface area contributed by atoms with Gasteiger partial charge in [0.2, 0.25) is 6.23 Å². The summed E-state index contributed by atoms with van der Waals surface area (Å²) in [5.74, 6) is -5.92. The number of nitrogen functional groups attached to an aromatic ring is 1. The minimum Gasteiger partial charge on any atom is -0.481 e. The molecule has 0 aliphatic carbocycles. The monoisotopic (exact) mass is 377 g/mol. The van der Waals surface area contributed by atoms with Gasteiger partial charge in [0.05, 0.1) is 0 Å². The van der Waals surface area contributed by atoms with E-state index in [1.807, 2.05) is 0 Å². The van der Waals surface area contributed by atoms with Crippen molar-refractivity contribution in [2.45, 2.75) is 43.6 Å². The Bertz CT molecular complexity index is 739. The van der Waals surface area contributed by atoms with E-state index in [0.29, 0.717) is 4.57 Å². The first-order chi connectivity index (χ1) is 12.1. The fourth-order valence-electron chi connectivity index (χ4n) is 2.34. The van der Waals surface area contributed by atoms with E-state index in [0.717, 1.165) is 12.3 Å². The molecule has 1 aromatic rings. The molecule has 1 saturated heterocycles. The molecule has 12 heteroatoms. The maximum Gasteiger partial charge on any atom is 0.351 e. The molecule has 0 saturated carbocycles. The van der Waals surface area contributed by atoms with Crippen molar-refractivity contribution in [1.29, 1.82) is 0 Å². The summed E-state index contributed by atoms with van der Waals surface area (Å²) in [5, 5.41) is 18.2. The predicted octanol–water partition coefficient (Wildman–Crippen LogP) is -0.483. The molecule has 2 unspecified atom stereocenters. The van der Waals surface area contributed by atoms with Crippen LogP contribution in [0.1, 0.15) is 25.5 Å². The molecule has 1 fully saturated rings. The Hall–Kier alpha value is -2.60. The van der Waals surface area contributed by atoms with E-state index in [2.05, 4.69) is 4.98 Å². The molecule has 4 N–H and O–H groups in total. The lowest BCUT2D eigenvalue weighted by Gasteiger charge is -2.20. The maximum atomic E-state index is 14.2. The zero-order valence-electron chi connectivity index (χ0n) is 13.4. The first-order valence-corrected chi connectivity index (χ1v) is 7.56. The number of esters is 1. The highest BCUT2D eigenvalue weighted by Crippen LogP contribution is 2.42. The average Bonchev–Trinajstić information content (AvgIpc) is 2.76. The van der Waals surface area contributed by atoms with Crippen molar-refractivity contribution in [2.75, 3.05) is 12.3 Å². The van der Waals surface area contributed by atoms with Crippen molar-refractivity contribution >= 4 is 17.8 Å². The van der Waals surface area contributed by atoms with Gasteiger partial charge < -0.3 is 25.4 Å². The van der Waals surface area contributed by atoms with Gasteiger partial charge in [-0.1, -0.05) is 0 Å². The van der Waals surface area contributed by atoms with Gasteiger partial charge in [-0.15, -0.1) is 0 Å². The summed E-state index contributed by atoms with van der Waals surface area (Å²) in [6.45, 7) is -0.684. The third-order valence-electron chi connectivity index (χ3n) is 3.66. The molecule has 3 atom stereocenters. The summed E-state index contributed by atoms with van der Waals surface area (Å²) in [6, 6.07) is 1.11. The minimum atomic E-state index is -3.85. The second-order valence-corrected chi connectivity index (χ2v) is 5.62. The van der Waals surface area contributed by atoms with Crippen LogP contribution in [0.4, 0.5) is 14.6 Å². The number of carbonyl (C=O) groups excluding carboxylic acids is 1. The molecule has 0 amide bonds. The van der Waals surface area contributed by atoms with Gasteiger partial charge in [-0.25, -0.2) is 4.79 Å². The van der Waals surface area contributed by atoms with Crippen LogP contribution >= 0.6 is 0 Å². The molecule has 0 bridgehead atoms. The molecule has 0 spiro atoms. The second kappa shape index (κ2) is 7.74. The fourth-order valence-corrected chi connectivity index (χ4v) is 2.34. The number of halogens is 2. The molecular formula is C14H17F2N3O7. The number of aliphatic carboxylic acids is 1. The highest BCUT2D eigenvalue weighted by Gasteiger charge is 2.60. The molecule has 144 valence electrons. The smallest absolute Gasteiger partial charge is 0.351 e. The SMILES string of the molecule is Nc1ccn([C@@H]2OC(COC(=O)CCCC(=O)O)C(O)C2(F)F)c(=O)n1. The third kappa shape index (κ3) is 4.32. The van der Waals surface area contributed by atoms with E-state index in [-0.39, 0.29) is 25.1 Å². The lowest BCUT2D eigenvalue weighted by molar-refractivity contribution is -0.150. The zero-order chi connectivity index (χ0) is 19.5. The average molecular weight is 377 g/mol. The number of alkyl halides is 2. The van der Waals surface area contributed by atoms with Crippen molar-refractivity contribution in [3.63, 3.8) is 0 Å². The quantitative estimate of drug-likeness (QED) is 0.534. The largest absolute Gasteiger partial charge is 0.481 e. The number of nitrogens with two attached hydrogens (primary N) is 1. The van der Waals surface area contributed by atoms with Crippen LogP contribution in [0.25, 0.3) is 0 Å². The fraction of sp³-hybridized carbons (Fsp3) is 0.571. The van der Waals surface area contributed by atoms with E-state index < -0.39 is 48.6 Å². The van der Waals surface area contributed by atoms with E-state index in [1.165, 1.54) is 0 Å². The molecule has 10 nitrogen and oxygen atoms in total. The van der Waals surface area contributed by atoms with Crippen LogP contribution in [-0.2, 0) is 19.1 Å². The molecule has 2 heterocycles. The van der Waals surface area contributed by atoms with Crippen LogP contribution in [0.15, 0.2) is 17.1 Å². The van der Waals surface area contributed by atoms with Gasteiger partial charge in [-0.05, 0) is 12.5 Å². The van der Waals surface area contributed by atoms with Crippen molar-refractivity contribution in [2.24, 2.45) is 0 Å². The molecule has 26 heavy (non-hydrogen) atoms. The van der Waals surface area contributed by atoms with E-state index in [4.69, 9.17) is 20.3 Å². The number of rotatable bonds is 7. The van der Waals surface area contributed by atoms with Crippen LogP contribution in [0, 0.1) is 0 Å². The maximum absolute atomic E-state index is 14.2. The lowest BCUT2D eigenvalue weighted by Crippen LogP contribution is -2.42. The number of aliphatic hydroxyl groups is 1. The Labute approximate surface area is 145 Å². The van der Waals surface area contributed by atoms with E-state index in [1.54, 1.807) is 0 Å². The van der Waals surface area contributed by atoms with Crippen molar-refractivity contribution in [3.05, 3.63) is 22.7 Å². The topological polar surface area (TPSA) is 154 Å². The normalized spacial score (nSPS) is 24.3. The summed E-state index contributed by atoms with van der Waals surface area (Å²) in [6.07, 6.45) is -5.55. The molecule has 1 aliphatic heterocycles. The zero-order valence-corrected chi connectivity index (χ0v) is 13.4. The Balaban J connectivity index is 2.00. The van der Waals surface area contributed by atoms with E-state index in [9.17, 15) is 28.3 Å². The molecule has 2 rings (SSSR count). The molecule has 0 radical (unpaired) electrons. The van der Waals surface area contributed by atoms with Crippen molar-refractivity contribution in [3.8, 4) is 0 Å². The Morgan fingerprint density at radius 1 is 1.42 bits per heavy atom. The second-order valence-electron chi connectivity index (χ2n) is 5.62. The van der Waals surface area contributed by atoms with Gasteiger partial charge in [0.25, 0.3) is 0 Å². The summed E-state index contributed by atoms with van der Waals surface area (Å²) in [5.41, 5.74) is 4.20. The number of nitrogens with zero attached hydrogens (tertiary/aromatic N) is 2. The first kappa shape index (κ1) is 19.7. The summed E-state index contributed by atoms with van der Waals surface area (Å²) in [4.78, 5) is 36.8. The third-order valence-corrected chi connectivity index (χ3v) is 3.66. The van der Waals surface area contributed by atoms with Crippen LogP contribution in [0.2, 0.25) is 0 Å². The molecule has 0 aromatic carbocycles. The van der Waals surface area contributed by atoms with Crippen LogP contribution in [-0.4, -0.2) is 56.4 Å². The highest BCUT2D eigenvalue weighted by atomic mass is 19.3. The number of carboxylic acids is 1. The highest BCUT2D eigenvalue weighted by molar-refractivity contribution is 5.71. The van der Waals surface area contributed by atoms with Crippen LogP contribution in [0.5, 0.6) is 0 Å². The Kier molecular flexibility index (Phi) is 5.87. The number of carboxylic acid groups (broad SMARTS) is 1. The van der Waals surface area contributed by atoms with Crippen molar-refractivity contribution in [1.82, 2.24) is 9.55 Å². The van der Waals surface area contributed by atoms with E-state index >= 15 is 0 Å². The Morgan fingerprint density at radius 2 is 2.12 bits per heavy atom. The van der Waals surface area contributed by atoms with Crippen LogP contribution in [0.3, 0.4) is 0 Å². The van der Waals surface area contributed by atoms with Crippen LogP contribution < -0.4 is 11.4 Å². The number of hydrogen-bond acceptors (Lipinski definition) is 8. The minimum absolute atomic E-state index is 0.0214. The molecule has 1 aliphatic rings. The molecule has 1 aromatic heterocycles. The van der Waals surface area contributed by atoms with Gasteiger partial charge >= 0.3 is 23.6 Å². The van der Waals surface area contributed by atoms with Gasteiger partial charge in [0.1, 0.15) is 18.5 Å². The number of aliphatic hydroxyl groups excluding tert-OH is 1. The summed E-state index contributed by atoms with van der Waals surface area (Å²) >= 11 is 0. The summed E-state index contributed by atoms with van der Waals surface area (Å²) in [7, 11) is 0. The van der Waals surface area contributed by atoms with Crippen molar-refractivity contribution < 1.29 is 38.1 Å². The standard InChI is InChI=1S/C14H17F2N3O7/c15-14(16)11(23)7(6-25-10(22)3-1-2-9(20)21)26-12(14)19-5-4-8(17)18-13(19)24/h4-5,7,11-12,23H,1-3,6H2,(H,20,21)(H2,17,18,24)/t7?,11?,12-/m1/s1. The van der Waals surface area contributed by atoms with Gasteiger partial charge in [-0.2, -0.15) is 13.8 Å². The van der Waals surface area contributed by atoms with Gasteiger partial charge in [0, 0.05) is 19.0 Å².